The van der Waals surface area contributed by atoms with Crippen LogP contribution in [0.5, 0.6) is 0 Å². The van der Waals surface area contributed by atoms with E-state index in [1.165, 1.54) is 12.1 Å². The predicted molar refractivity (Wildman–Crippen MR) is 104 cm³/mol. The summed E-state index contributed by atoms with van der Waals surface area (Å²) in [6.07, 6.45) is 0.606. The summed E-state index contributed by atoms with van der Waals surface area (Å²) in [5, 5.41) is 0.201. The summed E-state index contributed by atoms with van der Waals surface area (Å²) in [5.41, 5.74) is -0.107. The number of carbonyl (C=O) groups excluding carboxylic acids is 2. The molecule has 1 saturated heterocycles. The van der Waals surface area contributed by atoms with E-state index in [4.69, 9.17) is 16.3 Å². The van der Waals surface area contributed by atoms with Crippen molar-refractivity contribution in [1.82, 2.24) is 9.80 Å². The average Bonchev–Trinajstić information content (AvgIpc) is 2.53. The summed E-state index contributed by atoms with van der Waals surface area (Å²) in [6, 6.07) is 4.42. The number of nitrogens with zero attached hydrogens (tertiary/aromatic N) is 2. The number of halogens is 1. The zero-order chi connectivity index (χ0) is 20.4. The Kier molecular flexibility index (Phi) is 6.26. The second-order valence-electron chi connectivity index (χ2n) is 7.33. The van der Waals surface area contributed by atoms with Gasteiger partial charge in [-0.1, -0.05) is 11.6 Å². The Morgan fingerprint density at radius 3 is 2.19 bits per heavy atom. The maximum atomic E-state index is 12.7. The SMILES string of the molecule is CC(C)(C)OC(=O)N1CCN(C(=O)c2ccc(Cl)c(NS(C)(=O)=O)c2)CC1. The number of anilines is 1. The van der Waals surface area contributed by atoms with Crippen LogP contribution in [0.2, 0.25) is 5.02 Å². The van der Waals surface area contributed by atoms with Crippen LogP contribution in [0.25, 0.3) is 0 Å². The van der Waals surface area contributed by atoms with Crippen LogP contribution in [0.3, 0.4) is 0 Å². The molecule has 1 fully saturated rings. The van der Waals surface area contributed by atoms with Crippen LogP contribution in [0.4, 0.5) is 10.5 Å². The number of rotatable bonds is 3. The molecule has 0 atom stereocenters. The Morgan fingerprint density at radius 2 is 1.67 bits per heavy atom. The molecule has 1 aliphatic heterocycles. The van der Waals surface area contributed by atoms with Gasteiger partial charge in [0.1, 0.15) is 5.60 Å². The minimum absolute atomic E-state index is 0.150. The summed E-state index contributed by atoms with van der Waals surface area (Å²) in [5.74, 6) is -0.257. The van der Waals surface area contributed by atoms with E-state index in [0.717, 1.165) is 6.26 Å². The molecule has 0 radical (unpaired) electrons. The smallest absolute Gasteiger partial charge is 0.410 e. The lowest BCUT2D eigenvalue weighted by Gasteiger charge is -2.35. The molecule has 0 aliphatic carbocycles. The first-order valence-electron chi connectivity index (χ1n) is 8.40. The first-order chi connectivity index (χ1) is 12.4. The zero-order valence-electron chi connectivity index (χ0n) is 15.8. The summed E-state index contributed by atoms with van der Waals surface area (Å²) in [6.45, 7) is 6.84. The van der Waals surface area contributed by atoms with Crippen LogP contribution >= 0.6 is 11.6 Å². The molecule has 1 aromatic rings. The molecule has 1 heterocycles. The lowest BCUT2D eigenvalue weighted by atomic mass is 10.1. The molecular weight excluding hydrogens is 394 g/mol. The molecule has 0 saturated carbocycles. The molecule has 1 aliphatic rings. The van der Waals surface area contributed by atoms with Gasteiger partial charge in [-0.25, -0.2) is 13.2 Å². The van der Waals surface area contributed by atoms with Gasteiger partial charge in [-0.15, -0.1) is 0 Å². The zero-order valence-corrected chi connectivity index (χ0v) is 17.4. The van der Waals surface area contributed by atoms with Gasteiger partial charge in [0.2, 0.25) is 10.0 Å². The Hall–Kier alpha value is -2.00. The van der Waals surface area contributed by atoms with Crippen molar-refractivity contribution in [2.24, 2.45) is 0 Å². The largest absolute Gasteiger partial charge is 0.444 e. The van der Waals surface area contributed by atoms with Crippen molar-refractivity contribution in [3.63, 3.8) is 0 Å². The minimum Gasteiger partial charge on any atom is -0.444 e. The van der Waals surface area contributed by atoms with Gasteiger partial charge in [-0.3, -0.25) is 9.52 Å². The summed E-state index contributed by atoms with van der Waals surface area (Å²) < 4.78 is 30.5. The van der Waals surface area contributed by atoms with E-state index in [9.17, 15) is 18.0 Å². The Balaban J connectivity index is 2.04. The van der Waals surface area contributed by atoms with Crippen LogP contribution in [0, 0.1) is 0 Å². The molecule has 10 heteroatoms. The van der Waals surface area contributed by atoms with Crippen molar-refractivity contribution in [1.29, 1.82) is 0 Å². The molecule has 0 bridgehead atoms. The molecule has 2 rings (SSSR count). The number of amides is 2. The van der Waals surface area contributed by atoms with E-state index in [-0.39, 0.29) is 16.6 Å². The third-order valence-electron chi connectivity index (χ3n) is 3.73. The monoisotopic (exact) mass is 417 g/mol. The number of carbonyl (C=O) groups is 2. The van der Waals surface area contributed by atoms with Gasteiger partial charge < -0.3 is 14.5 Å². The van der Waals surface area contributed by atoms with E-state index in [2.05, 4.69) is 4.72 Å². The van der Waals surface area contributed by atoms with Gasteiger partial charge >= 0.3 is 6.09 Å². The van der Waals surface area contributed by atoms with Gasteiger partial charge in [-0.2, -0.15) is 0 Å². The molecule has 8 nitrogen and oxygen atoms in total. The van der Waals surface area contributed by atoms with Crippen molar-refractivity contribution in [2.45, 2.75) is 26.4 Å². The maximum Gasteiger partial charge on any atom is 0.410 e. The Bertz CT molecular complexity index is 827. The first kappa shape index (κ1) is 21.3. The highest BCUT2D eigenvalue weighted by atomic mass is 35.5. The summed E-state index contributed by atoms with van der Waals surface area (Å²) in [4.78, 5) is 28.0. The maximum absolute atomic E-state index is 12.7. The second kappa shape index (κ2) is 7.93. The molecule has 27 heavy (non-hydrogen) atoms. The van der Waals surface area contributed by atoms with Crippen LogP contribution in [-0.4, -0.2) is 68.3 Å². The average molecular weight is 418 g/mol. The molecule has 150 valence electrons. The van der Waals surface area contributed by atoms with Crippen molar-refractivity contribution in [2.75, 3.05) is 37.2 Å². The number of piperazine rings is 1. The van der Waals surface area contributed by atoms with Crippen LogP contribution in [0.15, 0.2) is 18.2 Å². The van der Waals surface area contributed by atoms with E-state index in [0.29, 0.717) is 31.7 Å². The summed E-state index contributed by atoms with van der Waals surface area (Å²) in [7, 11) is -3.52. The lowest BCUT2D eigenvalue weighted by molar-refractivity contribution is 0.0141. The minimum atomic E-state index is -3.52. The van der Waals surface area contributed by atoms with E-state index >= 15 is 0 Å². The molecule has 1 N–H and O–H groups in total. The van der Waals surface area contributed by atoms with Gasteiger partial charge in [0, 0.05) is 31.7 Å². The van der Waals surface area contributed by atoms with E-state index in [1.54, 1.807) is 36.6 Å². The van der Waals surface area contributed by atoms with Crippen molar-refractivity contribution in [3.05, 3.63) is 28.8 Å². The normalized spacial score (nSPS) is 15.4. The van der Waals surface area contributed by atoms with Crippen molar-refractivity contribution in [3.8, 4) is 0 Å². The quantitative estimate of drug-likeness (QED) is 0.814. The standard InChI is InChI=1S/C17H24ClN3O5S/c1-17(2,3)26-16(23)21-9-7-20(8-10-21)15(22)12-5-6-13(18)14(11-12)19-27(4,24)25/h5-6,11,19H,7-10H2,1-4H3. The number of sulfonamides is 1. The van der Waals surface area contributed by atoms with Crippen LogP contribution in [0.1, 0.15) is 31.1 Å². The highest BCUT2D eigenvalue weighted by Crippen LogP contribution is 2.25. The lowest BCUT2D eigenvalue weighted by Crippen LogP contribution is -2.51. The molecule has 1 aromatic carbocycles. The Morgan fingerprint density at radius 1 is 1.11 bits per heavy atom. The van der Waals surface area contributed by atoms with E-state index in [1.807, 2.05) is 0 Å². The fraction of sp³-hybridized carbons (Fsp3) is 0.529. The van der Waals surface area contributed by atoms with Gasteiger partial charge in [0.25, 0.3) is 5.91 Å². The van der Waals surface area contributed by atoms with Gasteiger partial charge in [0.05, 0.1) is 17.0 Å². The van der Waals surface area contributed by atoms with Crippen LogP contribution < -0.4 is 4.72 Å². The third-order valence-corrected chi connectivity index (χ3v) is 4.65. The number of benzene rings is 1. The number of nitrogens with one attached hydrogen (secondary N) is 1. The fourth-order valence-corrected chi connectivity index (χ4v) is 3.33. The highest BCUT2D eigenvalue weighted by molar-refractivity contribution is 7.92. The first-order valence-corrected chi connectivity index (χ1v) is 10.7. The number of hydrogen-bond acceptors (Lipinski definition) is 5. The van der Waals surface area contributed by atoms with Crippen LogP contribution in [-0.2, 0) is 14.8 Å². The Labute approximate surface area is 164 Å². The van der Waals surface area contributed by atoms with Crippen molar-refractivity contribution >= 4 is 39.3 Å². The van der Waals surface area contributed by atoms with Gasteiger partial charge in [0.15, 0.2) is 0 Å². The van der Waals surface area contributed by atoms with Crippen molar-refractivity contribution < 1.29 is 22.7 Å². The highest BCUT2D eigenvalue weighted by Gasteiger charge is 2.28. The molecular formula is C17H24ClN3O5S. The topological polar surface area (TPSA) is 96.0 Å². The molecule has 0 unspecified atom stereocenters. The van der Waals surface area contributed by atoms with Gasteiger partial charge in [-0.05, 0) is 39.0 Å². The molecule has 0 spiro atoms. The fourth-order valence-electron chi connectivity index (χ4n) is 2.54. The third kappa shape index (κ3) is 6.28. The van der Waals surface area contributed by atoms with E-state index < -0.39 is 21.7 Å². The molecule has 0 aromatic heterocycles. The molecule has 2 amide bonds. The number of ether oxygens (including phenoxy) is 1. The predicted octanol–water partition coefficient (Wildman–Crippen LogP) is 2.40. The summed E-state index contributed by atoms with van der Waals surface area (Å²) >= 11 is 5.99. The second-order valence-corrected chi connectivity index (χ2v) is 9.48. The number of hydrogen-bond donors (Lipinski definition) is 1.